The number of ether oxygens (including phenoxy) is 1. The highest BCUT2D eigenvalue weighted by atomic mass is 16.5. The first-order valence-electron chi connectivity index (χ1n) is 10.6. The number of rotatable bonds is 3. The molecule has 1 aromatic heterocycles. The molecule has 5 nitrogen and oxygen atoms in total. The van der Waals surface area contributed by atoms with E-state index in [0.717, 1.165) is 21.9 Å². The Bertz CT molecular complexity index is 1340. The van der Waals surface area contributed by atoms with Crippen LogP contribution in [0.2, 0.25) is 0 Å². The molecule has 1 N–H and O–H groups in total. The minimum Gasteiger partial charge on any atom is -0.469 e. The summed E-state index contributed by atoms with van der Waals surface area (Å²) < 4.78 is 4.86. The monoisotopic (exact) mass is 410 g/mol. The summed E-state index contributed by atoms with van der Waals surface area (Å²) in [6.45, 7) is 1.27. The van der Waals surface area contributed by atoms with Crippen molar-refractivity contribution in [2.24, 2.45) is 17.8 Å². The summed E-state index contributed by atoms with van der Waals surface area (Å²) in [6, 6.07) is 20.6. The fourth-order valence-electron chi connectivity index (χ4n) is 5.33. The van der Waals surface area contributed by atoms with Crippen LogP contribution < -0.4 is 0 Å². The lowest BCUT2D eigenvalue weighted by Crippen LogP contribution is -2.32. The van der Waals surface area contributed by atoms with Gasteiger partial charge in [0.25, 0.3) is 5.91 Å². The molecule has 31 heavy (non-hydrogen) atoms. The van der Waals surface area contributed by atoms with Gasteiger partial charge in [0, 0.05) is 35.8 Å². The van der Waals surface area contributed by atoms with Crippen molar-refractivity contribution in [3.8, 4) is 11.1 Å². The van der Waals surface area contributed by atoms with E-state index in [1.165, 1.54) is 18.1 Å². The zero-order valence-electron chi connectivity index (χ0n) is 17.2. The smallest absolute Gasteiger partial charge is 0.309 e. The van der Waals surface area contributed by atoms with Crippen molar-refractivity contribution in [3.05, 3.63) is 72.4 Å². The summed E-state index contributed by atoms with van der Waals surface area (Å²) in [5.41, 5.74) is 4.14. The van der Waals surface area contributed by atoms with E-state index < -0.39 is 0 Å². The second-order valence-electron chi connectivity index (χ2n) is 8.57. The summed E-state index contributed by atoms with van der Waals surface area (Å²) in [7, 11) is 1.43. The van der Waals surface area contributed by atoms with Gasteiger partial charge in [-0.1, -0.05) is 36.4 Å². The number of likely N-dealkylation sites (tertiary alicyclic amines) is 1. The maximum Gasteiger partial charge on any atom is 0.309 e. The number of carbonyl (C=O) groups is 2. The highest BCUT2D eigenvalue weighted by Crippen LogP contribution is 2.52. The number of nitrogens with one attached hydrogen (secondary N) is 1. The van der Waals surface area contributed by atoms with Crippen molar-refractivity contribution < 1.29 is 14.3 Å². The fraction of sp³-hybridized carbons (Fsp3) is 0.231. The largest absolute Gasteiger partial charge is 0.469 e. The highest BCUT2D eigenvalue weighted by molar-refractivity contribution is 6.07. The van der Waals surface area contributed by atoms with Gasteiger partial charge in [-0.25, -0.2) is 0 Å². The van der Waals surface area contributed by atoms with Crippen molar-refractivity contribution in [3.63, 3.8) is 0 Å². The SMILES string of the molecule is COC(=O)C1[C@H]2CN(C(=O)c3ccc4c(-c5cccc6[nH]ccc56)cccc4c3)C[C@@H]12. The molecule has 0 radical (unpaired) electrons. The van der Waals surface area contributed by atoms with E-state index in [4.69, 9.17) is 4.74 Å². The molecular weight excluding hydrogens is 388 g/mol. The number of methoxy groups -OCH3 is 1. The Morgan fingerprint density at radius 1 is 0.935 bits per heavy atom. The lowest BCUT2D eigenvalue weighted by atomic mass is 9.95. The van der Waals surface area contributed by atoms with E-state index in [0.29, 0.717) is 18.7 Å². The summed E-state index contributed by atoms with van der Waals surface area (Å²) >= 11 is 0. The van der Waals surface area contributed by atoms with Crippen molar-refractivity contribution in [1.29, 1.82) is 0 Å². The number of hydrogen-bond acceptors (Lipinski definition) is 3. The van der Waals surface area contributed by atoms with Gasteiger partial charge in [0.05, 0.1) is 13.0 Å². The first kappa shape index (κ1) is 18.2. The molecule has 6 rings (SSSR count). The second-order valence-corrected chi connectivity index (χ2v) is 8.57. The van der Waals surface area contributed by atoms with Gasteiger partial charge in [-0.3, -0.25) is 9.59 Å². The molecule has 1 unspecified atom stereocenters. The maximum atomic E-state index is 13.1. The molecule has 0 spiro atoms. The lowest BCUT2D eigenvalue weighted by molar-refractivity contribution is -0.143. The zero-order valence-corrected chi connectivity index (χ0v) is 17.2. The number of H-pyrrole nitrogens is 1. The number of fused-ring (bicyclic) bond motifs is 3. The summed E-state index contributed by atoms with van der Waals surface area (Å²) in [4.78, 5) is 30.0. The number of carbonyl (C=O) groups excluding carboxylic acids is 2. The number of amides is 1. The molecule has 5 heteroatoms. The summed E-state index contributed by atoms with van der Waals surface area (Å²) in [5, 5.41) is 3.36. The van der Waals surface area contributed by atoms with Gasteiger partial charge < -0.3 is 14.6 Å². The van der Waals surface area contributed by atoms with E-state index in [2.05, 4.69) is 47.4 Å². The highest BCUT2D eigenvalue weighted by Gasteiger charge is 2.60. The fourth-order valence-corrected chi connectivity index (χ4v) is 5.33. The van der Waals surface area contributed by atoms with Crippen LogP contribution in [0.4, 0.5) is 0 Å². The Labute approximate surface area is 179 Å². The molecule has 154 valence electrons. The van der Waals surface area contributed by atoms with Crippen LogP contribution in [0.5, 0.6) is 0 Å². The molecule has 1 aliphatic heterocycles. The lowest BCUT2D eigenvalue weighted by Gasteiger charge is -2.20. The first-order chi connectivity index (χ1) is 15.2. The van der Waals surface area contributed by atoms with Crippen LogP contribution in [0.3, 0.4) is 0 Å². The third-order valence-corrected chi connectivity index (χ3v) is 6.97. The molecule has 2 heterocycles. The predicted molar refractivity (Wildman–Crippen MR) is 120 cm³/mol. The minimum absolute atomic E-state index is 0.0237. The second kappa shape index (κ2) is 6.71. The van der Waals surface area contributed by atoms with Gasteiger partial charge in [-0.2, -0.15) is 0 Å². The van der Waals surface area contributed by atoms with Crippen LogP contribution in [0.25, 0.3) is 32.8 Å². The Morgan fingerprint density at radius 3 is 2.45 bits per heavy atom. The number of benzene rings is 3. The van der Waals surface area contributed by atoms with E-state index in [1.54, 1.807) is 0 Å². The molecular formula is C26H22N2O3. The molecule has 1 saturated carbocycles. The molecule has 3 atom stereocenters. The Morgan fingerprint density at radius 2 is 1.68 bits per heavy atom. The number of hydrogen-bond donors (Lipinski definition) is 1. The molecule has 3 aromatic carbocycles. The average molecular weight is 410 g/mol. The molecule has 0 bridgehead atoms. The maximum absolute atomic E-state index is 13.1. The van der Waals surface area contributed by atoms with Crippen LogP contribution in [-0.2, 0) is 9.53 Å². The van der Waals surface area contributed by atoms with Crippen LogP contribution in [0, 0.1) is 17.8 Å². The zero-order chi connectivity index (χ0) is 21.1. The summed E-state index contributed by atoms with van der Waals surface area (Å²) in [5.74, 6) is 0.383. The van der Waals surface area contributed by atoms with Crippen LogP contribution in [0.15, 0.2) is 66.9 Å². The molecule has 1 saturated heterocycles. The molecule has 2 fully saturated rings. The normalized spacial score (nSPS) is 22.0. The van der Waals surface area contributed by atoms with Crippen LogP contribution in [-0.4, -0.2) is 42.0 Å². The third-order valence-electron chi connectivity index (χ3n) is 6.97. The van der Waals surface area contributed by atoms with E-state index >= 15 is 0 Å². The Kier molecular flexibility index (Phi) is 3.93. The molecule has 2 aliphatic rings. The van der Waals surface area contributed by atoms with Gasteiger partial charge in [0.2, 0.25) is 0 Å². The average Bonchev–Trinajstić information content (AvgIpc) is 3.14. The van der Waals surface area contributed by atoms with Crippen LogP contribution >= 0.6 is 0 Å². The Balaban J connectivity index is 1.31. The molecule has 4 aromatic rings. The van der Waals surface area contributed by atoms with Gasteiger partial charge in [0.15, 0.2) is 0 Å². The van der Waals surface area contributed by atoms with Crippen molar-refractivity contribution in [2.75, 3.05) is 20.2 Å². The minimum atomic E-state index is -0.141. The van der Waals surface area contributed by atoms with E-state index in [1.807, 2.05) is 29.3 Å². The molecule has 1 aliphatic carbocycles. The number of piperidine rings is 1. The number of nitrogens with zero attached hydrogens (tertiary/aromatic N) is 1. The first-order valence-corrected chi connectivity index (χ1v) is 10.6. The molecule has 1 amide bonds. The van der Waals surface area contributed by atoms with E-state index in [9.17, 15) is 9.59 Å². The van der Waals surface area contributed by atoms with Crippen molar-refractivity contribution in [2.45, 2.75) is 0 Å². The summed E-state index contributed by atoms with van der Waals surface area (Å²) in [6.07, 6.45) is 1.96. The van der Waals surface area contributed by atoms with Crippen molar-refractivity contribution in [1.82, 2.24) is 9.88 Å². The van der Waals surface area contributed by atoms with Crippen LogP contribution in [0.1, 0.15) is 10.4 Å². The van der Waals surface area contributed by atoms with Gasteiger partial charge in [-0.05, 0) is 58.0 Å². The van der Waals surface area contributed by atoms with Gasteiger partial charge >= 0.3 is 5.97 Å². The number of aromatic amines is 1. The topological polar surface area (TPSA) is 62.4 Å². The standard InChI is InChI=1S/C26H22N2O3/c1-31-26(30)24-21-13-28(14-22(21)24)25(29)16-8-9-17-15(12-16)4-2-5-18(17)19-6-3-7-23-20(19)10-11-27-23/h2-12,21-22,24,27H,13-14H2,1H3/t21-,22+,24?. The van der Waals surface area contributed by atoms with Crippen molar-refractivity contribution >= 4 is 33.6 Å². The van der Waals surface area contributed by atoms with Gasteiger partial charge in [-0.15, -0.1) is 0 Å². The number of esters is 1. The quantitative estimate of drug-likeness (QED) is 0.507. The predicted octanol–water partition coefficient (Wildman–Crippen LogP) is 4.48. The third kappa shape index (κ3) is 2.76. The Hall–Kier alpha value is -3.60. The van der Waals surface area contributed by atoms with Gasteiger partial charge in [0.1, 0.15) is 0 Å². The van der Waals surface area contributed by atoms with E-state index in [-0.39, 0.29) is 29.6 Å². The number of aromatic nitrogens is 1.